The van der Waals surface area contributed by atoms with Crippen LogP contribution >= 0.6 is 0 Å². The van der Waals surface area contributed by atoms with Gasteiger partial charge >= 0.3 is 11.9 Å². The third-order valence-corrected chi connectivity index (χ3v) is 6.49. The topological polar surface area (TPSA) is 124 Å². The molecule has 0 saturated carbocycles. The number of aromatic nitrogens is 1. The summed E-state index contributed by atoms with van der Waals surface area (Å²) in [6.45, 7) is 3.68. The zero-order valence-electron chi connectivity index (χ0n) is 18.7. The van der Waals surface area contributed by atoms with E-state index < -0.39 is 18.0 Å². The van der Waals surface area contributed by atoms with Gasteiger partial charge in [0.15, 0.2) is 0 Å². The second-order valence-corrected chi connectivity index (χ2v) is 8.72. The number of piperazine rings is 1. The summed E-state index contributed by atoms with van der Waals surface area (Å²) in [5.41, 5.74) is 1.48. The summed E-state index contributed by atoms with van der Waals surface area (Å²) in [4.78, 5) is 39.9. The van der Waals surface area contributed by atoms with Gasteiger partial charge in [-0.2, -0.15) is 0 Å². The van der Waals surface area contributed by atoms with E-state index in [9.17, 15) is 24.6 Å². The van der Waals surface area contributed by atoms with Crippen molar-refractivity contribution >= 4 is 28.7 Å². The largest absolute Gasteiger partial charge is 0.480 e. The Hall–Kier alpha value is -2.95. The molecule has 2 atom stereocenters. The van der Waals surface area contributed by atoms with Crippen LogP contribution in [0.3, 0.4) is 0 Å². The summed E-state index contributed by atoms with van der Waals surface area (Å²) in [7, 11) is 1.82. The Labute approximate surface area is 191 Å². The van der Waals surface area contributed by atoms with Crippen LogP contribution in [0.1, 0.15) is 34.8 Å². The molecule has 0 radical (unpaired) electrons. The van der Waals surface area contributed by atoms with Crippen molar-refractivity contribution in [2.24, 2.45) is 7.05 Å². The number of nitrogens with one attached hydrogen (secondary N) is 1. The number of fused-ring (bicyclic) bond motifs is 1. The molecule has 1 aromatic carbocycles. The molecule has 3 N–H and O–H groups in total. The maximum Gasteiger partial charge on any atom is 0.335 e. The Kier molecular flexibility index (Phi) is 6.96. The molecule has 2 saturated heterocycles. The summed E-state index contributed by atoms with van der Waals surface area (Å²) >= 11 is 0. The van der Waals surface area contributed by atoms with E-state index in [0.29, 0.717) is 43.7 Å². The van der Waals surface area contributed by atoms with E-state index in [1.54, 1.807) is 12.3 Å². The van der Waals surface area contributed by atoms with E-state index in [2.05, 4.69) is 5.32 Å². The van der Waals surface area contributed by atoms with E-state index in [1.165, 1.54) is 12.1 Å². The van der Waals surface area contributed by atoms with Crippen LogP contribution in [0.2, 0.25) is 0 Å². The van der Waals surface area contributed by atoms with Crippen LogP contribution in [0.5, 0.6) is 0 Å². The molecule has 2 fully saturated rings. The highest BCUT2D eigenvalue weighted by Gasteiger charge is 2.33. The zero-order valence-corrected chi connectivity index (χ0v) is 18.7. The van der Waals surface area contributed by atoms with Crippen LogP contribution in [-0.4, -0.2) is 94.4 Å². The van der Waals surface area contributed by atoms with Crippen molar-refractivity contribution in [2.75, 3.05) is 45.9 Å². The Morgan fingerprint density at radius 1 is 1.18 bits per heavy atom. The highest BCUT2D eigenvalue weighted by Crippen LogP contribution is 2.31. The number of carbonyl (C=O) groups excluding carboxylic acids is 1. The van der Waals surface area contributed by atoms with Crippen LogP contribution in [0.4, 0.5) is 0 Å². The summed E-state index contributed by atoms with van der Waals surface area (Å²) in [5.74, 6) is -2.08. The maximum absolute atomic E-state index is 12.3. The molecule has 178 valence electrons. The second kappa shape index (κ2) is 9.90. The van der Waals surface area contributed by atoms with Gasteiger partial charge in [0.25, 0.3) is 0 Å². The Bertz CT molecular complexity index is 1040. The molecule has 2 aliphatic rings. The van der Waals surface area contributed by atoms with E-state index in [-0.39, 0.29) is 24.1 Å². The summed E-state index contributed by atoms with van der Waals surface area (Å²) < 4.78 is 7.35. The van der Waals surface area contributed by atoms with Gasteiger partial charge in [-0.05, 0) is 31.0 Å². The molecule has 2 unspecified atom stereocenters. The molecule has 0 spiro atoms. The lowest BCUT2D eigenvalue weighted by molar-refractivity contribution is -0.144. The standard InChI is InChI=1S/C23H30N4O6/c1-25-13-18(17-11-15(22(29)30)4-5-19(17)25)21(23(31)32)27-8-6-26(7-9-27)14-20(28)24-12-16-3-2-10-33-16/h4-5,11,13,16,21H,2-3,6-10,12,14H2,1H3,(H,24,28)(H,29,30)(H,31,32). The first-order valence-electron chi connectivity index (χ1n) is 11.2. The molecule has 2 aromatic rings. The van der Waals surface area contributed by atoms with Gasteiger partial charge in [-0.15, -0.1) is 0 Å². The number of carboxylic acids is 2. The number of aromatic carboxylic acids is 1. The van der Waals surface area contributed by atoms with Crippen molar-refractivity contribution in [1.82, 2.24) is 19.7 Å². The third kappa shape index (κ3) is 5.18. The van der Waals surface area contributed by atoms with Crippen LogP contribution in [0, 0.1) is 0 Å². The number of hydrogen-bond donors (Lipinski definition) is 3. The molecule has 1 aromatic heterocycles. The van der Waals surface area contributed by atoms with Crippen LogP contribution in [0.15, 0.2) is 24.4 Å². The van der Waals surface area contributed by atoms with Gasteiger partial charge in [-0.3, -0.25) is 19.4 Å². The van der Waals surface area contributed by atoms with E-state index in [4.69, 9.17) is 4.74 Å². The van der Waals surface area contributed by atoms with Crippen molar-refractivity contribution in [1.29, 1.82) is 0 Å². The lowest BCUT2D eigenvalue weighted by Crippen LogP contribution is -2.51. The lowest BCUT2D eigenvalue weighted by atomic mass is 10.0. The quantitative estimate of drug-likeness (QED) is 0.533. The van der Waals surface area contributed by atoms with E-state index in [1.807, 2.05) is 21.4 Å². The fourth-order valence-corrected chi connectivity index (χ4v) is 4.73. The molecule has 2 aliphatic heterocycles. The van der Waals surface area contributed by atoms with Crippen molar-refractivity contribution in [3.8, 4) is 0 Å². The average Bonchev–Trinajstić information content (AvgIpc) is 3.41. The fraction of sp³-hybridized carbons (Fsp3) is 0.522. The number of aryl methyl sites for hydroxylation is 1. The molecule has 0 bridgehead atoms. The second-order valence-electron chi connectivity index (χ2n) is 8.72. The average molecular weight is 459 g/mol. The Morgan fingerprint density at radius 3 is 2.58 bits per heavy atom. The van der Waals surface area contributed by atoms with Gasteiger partial charge in [-0.25, -0.2) is 4.79 Å². The first kappa shape index (κ1) is 23.2. The number of nitrogens with zero attached hydrogens (tertiary/aromatic N) is 3. The van der Waals surface area contributed by atoms with Crippen molar-refractivity contribution in [3.63, 3.8) is 0 Å². The minimum absolute atomic E-state index is 0.0519. The normalized spacial score (nSPS) is 20.7. The minimum Gasteiger partial charge on any atom is -0.480 e. The van der Waals surface area contributed by atoms with Crippen LogP contribution in [-0.2, 0) is 21.4 Å². The molecule has 33 heavy (non-hydrogen) atoms. The molecule has 3 heterocycles. The first-order chi connectivity index (χ1) is 15.8. The fourth-order valence-electron chi connectivity index (χ4n) is 4.73. The maximum atomic E-state index is 12.3. The third-order valence-electron chi connectivity index (χ3n) is 6.49. The smallest absolute Gasteiger partial charge is 0.335 e. The molecule has 10 nitrogen and oxygen atoms in total. The number of rotatable bonds is 8. The highest BCUT2D eigenvalue weighted by molar-refractivity contribution is 5.96. The predicted octanol–water partition coefficient (Wildman–Crippen LogP) is 0.915. The van der Waals surface area contributed by atoms with Gasteiger partial charge in [0.05, 0.1) is 18.2 Å². The number of amides is 1. The Balaban J connectivity index is 1.42. The van der Waals surface area contributed by atoms with Crippen LogP contribution < -0.4 is 5.32 Å². The predicted molar refractivity (Wildman–Crippen MR) is 120 cm³/mol. The van der Waals surface area contributed by atoms with E-state index >= 15 is 0 Å². The summed E-state index contributed by atoms with van der Waals surface area (Å²) in [6.07, 6.45) is 3.86. The SMILES string of the molecule is Cn1cc(C(C(=O)O)N2CCN(CC(=O)NCC3CCCO3)CC2)c2cc(C(=O)O)ccc21. The summed E-state index contributed by atoms with van der Waals surface area (Å²) in [5, 5.41) is 23.0. The van der Waals surface area contributed by atoms with Crippen LogP contribution in [0.25, 0.3) is 10.9 Å². The Morgan fingerprint density at radius 2 is 1.94 bits per heavy atom. The lowest BCUT2D eigenvalue weighted by Gasteiger charge is -2.37. The molecule has 10 heteroatoms. The van der Waals surface area contributed by atoms with Gasteiger partial charge < -0.3 is 24.8 Å². The molecular weight excluding hydrogens is 428 g/mol. The molecule has 1 amide bonds. The van der Waals surface area contributed by atoms with Gasteiger partial charge in [-0.1, -0.05) is 0 Å². The first-order valence-corrected chi connectivity index (χ1v) is 11.2. The van der Waals surface area contributed by atoms with Crippen molar-refractivity contribution in [2.45, 2.75) is 25.0 Å². The number of benzene rings is 1. The van der Waals surface area contributed by atoms with Gasteiger partial charge in [0, 0.05) is 69.0 Å². The van der Waals surface area contributed by atoms with Gasteiger partial charge in [0.1, 0.15) is 6.04 Å². The number of carbonyl (C=O) groups is 3. The van der Waals surface area contributed by atoms with Crippen molar-refractivity contribution < 1.29 is 29.3 Å². The molecule has 0 aliphatic carbocycles. The number of carboxylic acid groups (broad SMARTS) is 2. The molecule has 4 rings (SSSR count). The monoisotopic (exact) mass is 458 g/mol. The number of aliphatic carboxylic acids is 1. The van der Waals surface area contributed by atoms with Crippen molar-refractivity contribution in [3.05, 3.63) is 35.5 Å². The highest BCUT2D eigenvalue weighted by atomic mass is 16.5. The van der Waals surface area contributed by atoms with Gasteiger partial charge in [0.2, 0.25) is 5.91 Å². The van der Waals surface area contributed by atoms with E-state index in [0.717, 1.165) is 25.0 Å². The molecular formula is C23H30N4O6. The number of hydrogen-bond acceptors (Lipinski definition) is 6. The zero-order chi connectivity index (χ0) is 23.5. The summed E-state index contributed by atoms with van der Waals surface area (Å²) in [6, 6.07) is 3.87. The minimum atomic E-state index is -1.05. The number of ether oxygens (including phenoxy) is 1.